The maximum absolute atomic E-state index is 10.7. The average molecular weight is 244 g/mol. The molecular weight excluding hydrogens is 234 g/mol. The first kappa shape index (κ1) is 11.0. The van der Waals surface area contributed by atoms with E-state index in [1.165, 1.54) is 6.07 Å². The van der Waals surface area contributed by atoms with Gasteiger partial charge in [-0.05, 0) is 6.07 Å². The van der Waals surface area contributed by atoms with Crippen LogP contribution in [0.2, 0.25) is 5.02 Å². The molecule has 2 rings (SSSR count). The fraction of sp³-hybridized carbons (Fsp3) is 0.300. The molecule has 1 aliphatic heterocycles. The number of carbonyl (C=O) groups is 1. The van der Waals surface area contributed by atoms with Crippen molar-refractivity contribution in [2.24, 2.45) is 5.73 Å². The Bertz CT molecular complexity index is 461. The average Bonchev–Trinajstić information content (AvgIpc) is 2.70. The number of aromatic hydroxyl groups is 1. The summed E-state index contributed by atoms with van der Waals surface area (Å²) in [6.45, 7) is 0.472. The van der Waals surface area contributed by atoms with Crippen molar-refractivity contribution >= 4 is 17.6 Å². The van der Waals surface area contributed by atoms with Gasteiger partial charge in [0, 0.05) is 17.5 Å². The summed E-state index contributed by atoms with van der Waals surface area (Å²) in [5, 5.41) is 18.7. The third-order valence-electron chi connectivity index (χ3n) is 2.54. The Labute approximate surface area is 96.4 Å². The summed E-state index contributed by atoms with van der Waals surface area (Å²) in [4.78, 5) is 10.7. The van der Waals surface area contributed by atoms with Crippen LogP contribution in [-0.2, 0) is 11.2 Å². The molecule has 5 nitrogen and oxygen atoms in total. The van der Waals surface area contributed by atoms with Crippen LogP contribution in [-0.4, -0.2) is 22.8 Å². The van der Waals surface area contributed by atoms with E-state index in [1.54, 1.807) is 0 Å². The fourth-order valence-electron chi connectivity index (χ4n) is 1.67. The Morgan fingerprint density at radius 3 is 2.94 bits per heavy atom. The van der Waals surface area contributed by atoms with Crippen molar-refractivity contribution in [2.45, 2.75) is 12.5 Å². The minimum absolute atomic E-state index is 0.0677. The van der Waals surface area contributed by atoms with Gasteiger partial charge in [-0.1, -0.05) is 11.6 Å². The normalized spacial score (nSPS) is 15.4. The predicted molar refractivity (Wildman–Crippen MR) is 56.9 cm³/mol. The van der Waals surface area contributed by atoms with Gasteiger partial charge >= 0.3 is 5.97 Å². The van der Waals surface area contributed by atoms with Gasteiger partial charge in [0.2, 0.25) is 0 Å². The summed E-state index contributed by atoms with van der Waals surface area (Å²) >= 11 is 5.91. The Morgan fingerprint density at radius 1 is 1.62 bits per heavy atom. The highest BCUT2D eigenvalue weighted by Crippen LogP contribution is 2.42. The van der Waals surface area contributed by atoms with Crippen LogP contribution in [0.4, 0.5) is 0 Å². The first-order valence-corrected chi connectivity index (χ1v) is 5.05. The molecule has 1 aromatic carbocycles. The third-order valence-corrected chi connectivity index (χ3v) is 2.95. The zero-order chi connectivity index (χ0) is 11.9. The molecule has 0 amide bonds. The van der Waals surface area contributed by atoms with Gasteiger partial charge in [0.05, 0.1) is 11.6 Å². The number of phenolic OH excluding ortho intramolecular Hbond substituents is 1. The van der Waals surface area contributed by atoms with E-state index in [1.807, 2.05) is 0 Å². The number of carboxylic acid groups (broad SMARTS) is 1. The van der Waals surface area contributed by atoms with Crippen LogP contribution in [0.1, 0.15) is 17.2 Å². The van der Waals surface area contributed by atoms with Gasteiger partial charge in [-0.15, -0.1) is 0 Å². The molecule has 0 radical (unpaired) electrons. The summed E-state index contributed by atoms with van der Waals surface area (Å²) in [5.41, 5.74) is 6.19. The lowest BCUT2D eigenvalue weighted by Crippen LogP contribution is -2.20. The van der Waals surface area contributed by atoms with Crippen molar-refractivity contribution in [1.29, 1.82) is 0 Å². The van der Waals surface area contributed by atoms with Gasteiger partial charge in [-0.25, -0.2) is 0 Å². The number of phenols is 1. The van der Waals surface area contributed by atoms with Crippen LogP contribution in [0.3, 0.4) is 0 Å². The molecule has 0 saturated carbocycles. The summed E-state index contributed by atoms with van der Waals surface area (Å²) < 4.78 is 5.26. The maximum Gasteiger partial charge on any atom is 0.325 e. The van der Waals surface area contributed by atoms with Crippen molar-refractivity contribution in [2.75, 3.05) is 6.61 Å². The molecule has 6 heteroatoms. The lowest BCUT2D eigenvalue weighted by molar-refractivity contribution is -0.138. The standard InChI is InChI=1S/C10H10ClNO4/c11-7-4-1-2-16-6(4)3-5(9(7)13)8(12)10(14)15/h3,8,13H,1-2,12H2,(H,14,15). The number of aliphatic carboxylic acids is 1. The molecule has 0 aromatic heterocycles. The van der Waals surface area contributed by atoms with Gasteiger partial charge in [0.25, 0.3) is 0 Å². The first-order chi connectivity index (χ1) is 7.52. The van der Waals surface area contributed by atoms with Crippen LogP contribution in [0.5, 0.6) is 11.5 Å². The molecule has 16 heavy (non-hydrogen) atoms. The molecule has 1 aliphatic rings. The SMILES string of the molecule is NC(C(=O)O)c1cc2c(c(Cl)c1O)CCO2. The minimum atomic E-state index is -1.31. The Balaban J connectivity index is 2.56. The zero-order valence-electron chi connectivity index (χ0n) is 8.24. The lowest BCUT2D eigenvalue weighted by Gasteiger charge is -2.12. The van der Waals surface area contributed by atoms with Crippen LogP contribution < -0.4 is 10.5 Å². The van der Waals surface area contributed by atoms with Gasteiger partial charge in [0.1, 0.15) is 17.5 Å². The first-order valence-electron chi connectivity index (χ1n) is 4.67. The second kappa shape index (κ2) is 3.84. The van der Waals surface area contributed by atoms with E-state index in [-0.39, 0.29) is 16.3 Å². The molecule has 1 heterocycles. The molecule has 0 fully saturated rings. The fourth-order valence-corrected chi connectivity index (χ4v) is 1.97. The number of benzene rings is 1. The molecule has 4 N–H and O–H groups in total. The quantitative estimate of drug-likeness (QED) is 0.722. The molecule has 0 bridgehead atoms. The Morgan fingerprint density at radius 2 is 2.31 bits per heavy atom. The number of nitrogens with two attached hydrogens (primary N) is 1. The summed E-state index contributed by atoms with van der Waals surface area (Å²) in [6.07, 6.45) is 0.602. The van der Waals surface area contributed by atoms with E-state index < -0.39 is 12.0 Å². The minimum Gasteiger partial charge on any atom is -0.506 e. The second-order valence-corrected chi connectivity index (χ2v) is 3.90. The summed E-state index contributed by atoms with van der Waals surface area (Å²) in [7, 11) is 0. The number of hydrogen-bond donors (Lipinski definition) is 3. The van der Waals surface area contributed by atoms with E-state index in [0.29, 0.717) is 24.3 Å². The van der Waals surface area contributed by atoms with Gasteiger partial charge in [-0.2, -0.15) is 0 Å². The number of hydrogen-bond acceptors (Lipinski definition) is 4. The van der Waals surface area contributed by atoms with Gasteiger partial charge in [-0.3, -0.25) is 4.79 Å². The molecular formula is C10H10ClNO4. The van der Waals surface area contributed by atoms with E-state index in [2.05, 4.69) is 0 Å². The molecule has 0 aliphatic carbocycles. The second-order valence-electron chi connectivity index (χ2n) is 3.52. The monoisotopic (exact) mass is 243 g/mol. The lowest BCUT2D eigenvalue weighted by atomic mass is 10.0. The van der Waals surface area contributed by atoms with Crippen molar-refractivity contribution in [3.8, 4) is 11.5 Å². The smallest absolute Gasteiger partial charge is 0.325 e. The third kappa shape index (κ3) is 1.58. The highest BCUT2D eigenvalue weighted by atomic mass is 35.5. The van der Waals surface area contributed by atoms with Gasteiger partial charge < -0.3 is 20.7 Å². The highest BCUT2D eigenvalue weighted by molar-refractivity contribution is 6.33. The number of rotatable bonds is 2. The van der Waals surface area contributed by atoms with Crippen LogP contribution in [0.15, 0.2) is 6.07 Å². The molecule has 1 atom stereocenters. The molecule has 1 unspecified atom stereocenters. The number of carboxylic acids is 1. The molecule has 0 saturated heterocycles. The van der Waals surface area contributed by atoms with Crippen molar-refractivity contribution in [3.05, 3.63) is 22.2 Å². The van der Waals surface area contributed by atoms with Crippen LogP contribution >= 0.6 is 11.6 Å². The number of fused-ring (bicyclic) bond motifs is 1. The number of ether oxygens (including phenoxy) is 1. The molecule has 1 aromatic rings. The van der Waals surface area contributed by atoms with Crippen molar-refractivity contribution < 1.29 is 19.7 Å². The van der Waals surface area contributed by atoms with E-state index in [0.717, 1.165) is 0 Å². The van der Waals surface area contributed by atoms with Crippen molar-refractivity contribution in [3.63, 3.8) is 0 Å². The van der Waals surface area contributed by atoms with E-state index >= 15 is 0 Å². The Kier molecular flexibility index (Phi) is 2.65. The molecule has 86 valence electrons. The topological polar surface area (TPSA) is 92.8 Å². The van der Waals surface area contributed by atoms with Crippen molar-refractivity contribution in [1.82, 2.24) is 0 Å². The largest absolute Gasteiger partial charge is 0.506 e. The van der Waals surface area contributed by atoms with Crippen LogP contribution in [0.25, 0.3) is 0 Å². The predicted octanol–water partition coefficient (Wildman–Crippen LogP) is 1.06. The Hall–Kier alpha value is -1.46. The van der Waals surface area contributed by atoms with Gasteiger partial charge in [0.15, 0.2) is 0 Å². The maximum atomic E-state index is 10.7. The summed E-state index contributed by atoms with van der Waals surface area (Å²) in [6, 6.07) is 0.120. The summed E-state index contributed by atoms with van der Waals surface area (Å²) in [5.74, 6) is -1.01. The van der Waals surface area contributed by atoms with E-state index in [9.17, 15) is 9.90 Å². The molecule has 0 spiro atoms. The highest BCUT2D eigenvalue weighted by Gasteiger charge is 2.26. The number of halogens is 1. The van der Waals surface area contributed by atoms with Crippen LogP contribution in [0, 0.1) is 0 Å². The van der Waals surface area contributed by atoms with E-state index in [4.69, 9.17) is 27.2 Å². The zero-order valence-corrected chi connectivity index (χ0v) is 8.99.